The highest BCUT2D eigenvalue weighted by Crippen LogP contribution is 2.50. The lowest BCUT2D eigenvalue weighted by molar-refractivity contribution is 0.230. The van der Waals surface area contributed by atoms with Gasteiger partial charge in [0.2, 0.25) is 0 Å². The predicted octanol–water partition coefficient (Wildman–Crippen LogP) is 6.43. The SMILES string of the molecule is CC(C)(C)C[C@@H]1[C@@H](c2cccc(Cl)c2F)NC[C@@]1(C#N)c1ccc(Cl)cc1F. The van der Waals surface area contributed by atoms with Crippen molar-refractivity contribution in [3.63, 3.8) is 0 Å². The quantitative estimate of drug-likeness (QED) is 0.618. The second kappa shape index (κ2) is 7.63. The van der Waals surface area contributed by atoms with E-state index in [4.69, 9.17) is 23.2 Å². The van der Waals surface area contributed by atoms with Gasteiger partial charge in [0.15, 0.2) is 0 Å². The average Bonchev–Trinajstić information content (AvgIpc) is 2.95. The Bertz CT molecular complexity index is 933. The Morgan fingerprint density at radius 1 is 1.21 bits per heavy atom. The lowest BCUT2D eigenvalue weighted by Crippen LogP contribution is -2.37. The molecule has 0 aromatic heterocycles. The lowest BCUT2D eigenvalue weighted by atomic mass is 9.65. The van der Waals surface area contributed by atoms with Gasteiger partial charge in [-0.05, 0) is 30.0 Å². The van der Waals surface area contributed by atoms with Crippen molar-refractivity contribution in [1.29, 1.82) is 5.26 Å². The molecule has 1 aliphatic heterocycles. The number of benzene rings is 2. The Labute approximate surface area is 174 Å². The molecule has 0 radical (unpaired) electrons. The third-order valence-corrected chi connectivity index (χ3v) is 5.92. The van der Waals surface area contributed by atoms with Gasteiger partial charge in [-0.15, -0.1) is 0 Å². The molecule has 2 aromatic carbocycles. The van der Waals surface area contributed by atoms with Crippen LogP contribution in [0.15, 0.2) is 36.4 Å². The fraction of sp³-hybridized carbons (Fsp3) is 0.409. The van der Waals surface area contributed by atoms with Crippen molar-refractivity contribution in [2.45, 2.75) is 38.6 Å². The Hall–Kier alpha value is -1.67. The predicted molar refractivity (Wildman–Crippen MR) is 108 cm³/mol. The van der Waals surface area contributed by atoms with Crippen LogP contribution < -0.4 is 5.32 Å². The summed E-state index contributed by atoms with van der Waals surface area (Å²) in [5.41, 5.74) is -0.629. The molecular formula is C22H22Cl2F2N2. The summed E-state index contributed by atoms with van der Waals surface area (Å²) in [6.07, 6.45) is 0.590. The van der Waals surface area contributed by atoms with Crippen LogP contribution in [0.25, 0.3) is 0 Å². The van der Waals surface area contributed by atoms with Crippen molar-refractivity contribution in [2.75, 3.05) is 6.54 Å². The molecule has 0 bridgehead atoms. The minimum atomic E-state index is -1.15. The van der Waals surface area contributed by atoms with Gasteiger partial charge in [0.25, 0.3) is 0 Å². The smallest absolute Gasteiger partial charge is 0.146 e. The van der Waals surface area contributed by atoms with E-state index in [0.29, 0.717) is 12.0 Å². The first-order valence-electron chi connectivity index (χ1n) is 9.13. The Morgan fingerprint density at radius 2 is 1.93 bits per heavy atom. The third-order valence-electron chi connectivity index (χ3n) is 5.40. The first-order valence-corrected chi connectivity index (χ1v) is 9.89. The minimum absolute atomic E-state index is 0.0286. The molecular weight excluding hydrogens is 401 g/mol. The maximum atomic E-state index is 14.9. The molecule has 0 unspecified atom stereocenters. The second-order valence-corrected chi connectivity index (χ2v) is 9.42. The molecule has 0 aliphatic carbocycles. The van der Waals surface area contributed by atoms with E-state index in [1.807, 2.05) is 0 Å². The fourth-order valence-corrected chi connectivity index (χ4v) is 4.54. The third kappa shape index (κ3) is 3.76. The molecule has 2 aromatic rings. The van der Waals surface area contributed by atoms with Gasteiger partial charge < -0.3 is 5.32 Å². The van der Waals surface area contributed by atoms with Gasteiger partial charge in [0, 0.05) is 34.7 Å². The first kappa shape index (κ1) is 21.0. The molecule has 3 atom stereocenters. The molecule has 2 nitrogen and oxygen atoms in total. The summed E-state index contributed by atoms with van der Waals surface area (Å²) in [5, 5.41) is 13.8. The number of hydrogen-bond donors (Lipinski definition) is 1. The van der Waals surface area contributed by atoms with Crippen molar-refractivity contribution in [2.24, 2.45) is 11.3 Å². The van der Waals surface area contributed by atoms with Crippen molar-refractivity contribution in [1.82, 2.24) is 5.32 Å². The molecule has 148 valence electrons. The van der Waals surface area contributed by atoms with Crippen LogP contribution in [0.3, 0.4) is 0 Å². The fourth-order valence-electron chi connectivity index (χ4n) is 4.20. The molecule has 1 N–H and O–H groups in total. The monoisotopic (exact) mass is 422 g/mol. The van der Waals surface area contributed by atoms with Crippen molar-refractivity contribution in [3.8, 4) is 6.07 Å². The Morgan fingerprint density at radius 3 is 2.54 bits per heavy atom. The van der Waals surface area contributed by atoms with Crippen LogP contribution in [0.4, 0.5) is 8.78 Å². The molecule has 0 spiro atoms. The summed E-state index contributed by atoms with van der Waals surface area (Å²) in [7, 11) is 0. The number of nitrogens with one attached hydrogen (secondary N) is 1. The summed E-state index contributed by atoms with van der Waals surface area (Å²) >= 11 is 11.9. The summed E-state index contributed by atoms with van der Waals surface area (Å²) in [6, 6.07) is 11.1. The number of hydrogen-bond acceptors (Lipinski definition) is 2. The zero-order valence-corrected chi connectivity index (χ0v) is 17.5. The lowest BCUT2D eigenvalue weighted by Gasteiger charge is -2.36. The molecule has 3 rings (SSSR count). The highest BCUT2D eigenvalue weighted by molar-refractivity contribution is 6.31. The van der Waals surface area contributed by atoms with Crippen LogP contribution in [0.5, 0.6) is 0 Å². The summed E-state index contributed by atoms with van der Waals surface area (Å²) in [5.74, 6) is -1.39. The van der Waals surface area contributed by atoms with Crippen LogP contribution in [0.1, 0.15) is 44.4 Å². The molecule has 1 saturated heterocycles. The maximum Gasteiger partial charge on any atom is 0.146 e. The highest BCUT2D eigenvalue weighted by atomic mass is 35.5. The molecule has 6 heteroatoms. The number of rotatable bonds is 3. The van der Waals surface area contributed by atoms with Crippen LogP contribution in [-0.4, -0.2) is 6.54 Å². The topological polar surface area (TPSA) is 35.8 Å². The summed E-state index contributed by atoms with van der Waals surface area (Å²) < 4.78 is 29.7. The van der Waals surface area contributed by atoms with Gasteiger partial charge in [0.05, 0.1) is 11.1 Å². The van der Waals surface area contributed by atoms with Crippen molar-refractivity contribution >= 4 is 23.2 Å². The zero-order chi connectivity index (χ0) is 20.7. The van der Waals surface area contributed by atoms with Gasteiger partial charge in [-0.2, -0.15) is 5.26 Å². The van der Waals surface area contributed by atoms with Gasteiger partial charge in [-0.1, -0.05) is 62.2 Å². The van der Waals surface area contributed by atoms with Gasteiger partial charge in [-0.25, -0.2) is 8.78 Å². The standard InChI is InChI=1S/C22H22Cl2F2N2/c1-21(2,3)10-16-20(14-5-4-6-17(24)19(14)26)28-12-22(16,11-27)15-8-7-13(23)9-18(15)25/h4-9,16,20,28H,10,12H2,1-3H3/t16-,20-,22+/m1/s1. The Kier molecular flexibility index (Phi) is 5.74. The molecule has 28 heavy (non-hydrogen) atoms. The second-order valence-electron chi connectivity index (χ2n) is 8.58. The maximum absolute atomic E-state index is 14.9. The molecule has 1 heterocycles. The Balaban J connectivity index is 2.17. The van der Waals surface area contributed by atoms with Crippen molar-refractivity contribution < 1.29 is 8.78 Å². The van der Waals surface area contributed by atoms with Crippen LogP contribution in [0, 0.1) is 34.3 Å². The van der Waals surface area contributed by atoms with E-state index in [-0.39, 0.29) is 33.5 Å². The van der Waals surface area contributed by atoms with E-state index in [1.54, 1.807) is 24.3 Å². The van der Waals surface area contributed by atoms with Gasteiger partial charge >= 0.3 is 0 Å². The van der Waals surface area contributed by atoms with E-state index in [0.717, 1.165) is 0 Å². The molecule has 1 aliphatic rings. The number of halogens is 4. The van der Waals surface area contributed by atoms with E-state index in [1.165, 1.54) is 12.1 Å². The summed E-state index contributed by atoms with van der Waals surface area (Å²) in [4.78, 5) is 0. The highest BCUT2D eigenvalue weighted by Gasteiger charge is 2.53. The van der Waals surface area contributed by atoms with Crippen LogP contribution in [0.2, 0.25) is 10.0 Å². The minimum Gasteiger partial charge on any atom is -0.308 e. The van der Waals surface area contributed by atoms with E-state index in [2.05, 4.69) is 32.2 Å². The molecule has 0 amide bonds. The van der Waals surface area contributed by atoms with Gasteiger partial charge in [0.1, 0.15) is 17.0 Å². The normalized spacial score (nSPS) is 24.9. The molecule has 1 fully saturated rings. The molecule has 0 saturated carbocycles. The van der Waals surface area contributed by atoms with Crippen LogP contribution in [-0.2, 0) is 5.41 Å². The zero-order valence-electron chi connectivity index (χ0n) is 16.0. The summed E-state index contributed by atoms with van der Waals surface area (Å²) in [6.45, 7) is 6.37. The van der Waals surface area contributed by atoms with E-state index >= 15 is 0 Å². The van der Waals surface area contributed by atoms with E-state index < -0.39 is 23.1 Å². The number of nitrogens with zero attached hydrogens (tertiary/aromatic N) is 1. The average molecular weight is 423 g/mol. The first-order chi connectivity index (χ1) is 13.1. The number of nitriles is 1. The van der Waals surface area contributed by atoms with Gasteiger partial charge in [-0.3, -0.25) is 0 Å². The largest absolute Gasteiger partial charge is 0.308 e. The van der Waals surface area contributed by atoms with Crippen LogP contribution >= 0.6 is 23.2 Å². The van der Waals surface area contributed by atoms with Crippen molar-refractivity contribution in [3.05, 3.63) is 69.2 Å². The van der Waals surface area contributed by atoms with E-state index in [9.17, 15) is 14.0 Å².